The Hall–Kier alpha value is -1.32. The van der Waals surface area contributed by atoms with Crippen LogP contribution in [0.1, 0.15) is 31.0 Å². The van der Waals surface area contributed by atoms with E-state index in [9.17, 15) is 0 Å². The van der Waals surface area contributed by atoms with Crippen LogP contribution in [0.3, 0.4) is 0 Å². The number of rotatable bonds is 6. The molecule has 1 unspecified atom stereocenters. The Bertz CT molecular complexity index is 522. The van der Waals surface area contributed by atoms with Crippen LogP contribution in [-0.2, 0) is 13.0 Å². The zero-order valence-corrected chi connectivity index (χ0v) is 12.2. The second kappa shape index (κ2) is 6.73. The molecular weight excluding hydrogens is 258 g/mol. The zero-order valence-electron chi connectivity index (χ0n) is 11.4. The maximum atomic E-state index is 6.29. The van der Waals surface area contributed by atoms with Gasteiger partial charge in [-0.25, -0.2) is 0 Å². The van der Waals surface area contributed by atoms with Crippen molar-refractivity contribution in [2.45, 2.75) is 32.9 Å². The lowest BCUT2D eigenvalue weighted by molar-refractivity contribution is 0.549. The minimum Gasteiger partial charge on any atom is -0.310 e. The van der Waals surface area contributed by atoms with Gasteiger partial charge in [0.15, 0.2) is 0 Å². The highest BCUT2D eigenvalue weighted by molar-refractivity contribution is 6.31. The van der Waals surface area contributed by atoms with E-state index >= 15 is 0 Å². The summed E-state index contributed by atoms with van der Waals surface area (Å²) in [5.74, 6) is 0. The first-order valence-electron chi connectivity index (χ1n) is 6.73. The molecule has 0 spiro atoms. The van der Waals surface area contributed by atoms with Crippen molar-refractivity contribution in [1.29, 1.82) is 0 Å². The van der Waals surface area contributed by atoms with E-state index in [1.165, 1.54) is 5.56 Å². The fourth-order valence-corrected chi connectivity index (χ4v) is 2.48. The molecule has 0 radical (unpaired) electrons. The van der Waals surface area contributed by atoms with Gasteiger partial charge in [-0.15, -0.1) is 0 Å². The normalized spacial score (nSPS) is 12.6. The summed E-state index contributed by atoms with van der Waals surface area (Å²) in [6.45, 7) is 6.02. The van der Waals surface area contributed by atoms with E-state index < -0.39 is 0 Å². The molecule has 1 atom stereocenters. The lowest BCUT2D eigenvalue weighted by Crippen LogP contribution is -2.23. The number of aromatic nitrogens is 2. The molecule has 1 heterocycles. The van der Waals surface area contributed by atoms with Gasteiger partial charge in [0.1, 0.15) is 0 Å². The van der Waals surface area contributed by atoms with E-state index in [-0.39, 0.29) is 6.04 Å². The molecule has 2 rings (SSSR count). The van der Waals surface area contributed by atoms with Crippen molar-refractivity contribution >= 4 is 11.6 Å². The minimum absolute atomic E-state index is 0.230. The summed E-state index contributed by atoms with van der Waals surface area (Å²) in [5, 5.41) is 8.63. The molecule has 0 bridgehead atoms. The Morgan fingerprint density at radius 2 is 2.11 bits per heavy atom. The molecule has 1 N–H and O–H groups in total. The van der Waals surface area contributed by atoms with E-state index in [4.69, 9.17) is 11.6 Å². The smallest absolute Gasteiger partial charge is 0.0522 e. The third-order valence-electron chi connectivity index (χ3n) is 3.18. The van der Waals surface area contributed by atoms with Gasteiger partial charge < -0.3 is 5.32 Å². The molecule has 0 saturated heterocycles. The number of halogens is 1. The zero-order chi connectivity index (χ0) is 13.7. The van der Waals surface area contributed by atoms with Gasteiger partial charge in [0.25, 0.3) is 0 Å². The number of likely N-dealkylation sites (N-methyl/N-ethyl adjacent to an activating group) is 1. The van der Waals surface area contributed by atoms with Crippen LogP contribution in [0.2, 0.25) is 5.02 Å². The predicted molar refractivity (Wildman–Crippen MR) is 79.5 cm³/mol. The Morgan fingerprint density at radius 3 is 2.74 bits per heavy atom. The van der Waals surface area contributed by atoms with Crippen molar-refractivity contribution in [1.82, 2.24) is 15.1 Å². The fraction of sp³-hybridized carbons (Fsp3) is 0.400. The molecule has 0 fully saturated rings. The summed E-state index contributed by atoms with van der Waals surface area (Å²) < 4.78 is 1.95. The van der Waals surface area contributed by atoms with Crippen LogP contribution in [0.15, 0.2) is 36.7 Å². The highest BCUT2D eigenvalue weighted by Crippen LogP contribution is 2.25. The molecule has 0 amide bonds. The molecule has 2 aromatic rings. The molecule has 3 nitrogen and oxygen atoms in total. The number of hydrogen-bond acceptors (Lipinski definition) is 2. The lowest BCUT2D eigenvalue weighted by atomic mass is 10.0. The number of aryl methyl sites for hydroxylation is 1. The Balaban J connectivity index is 2.18. The maximum Gasteiger partial charge on any atom is 0.0522 e. The van der Waals surface area contributed by atoms with Gasteiger partial charge in [-0.3, -0.25) is 4.68 Å². The van der Waals surface area contributed by atoms with Crippen LogP contribution in [0.5, 0.6) is 0 Å². The van der Waals surface area contributed by atoms with Crippen molar-refractivity contribution < 1.29 is 0 Å². The second-order valence-corrected chi connectivity index (χ2v) is 4.95. The van der Waals surface area contributed by atoms with E-state index in [1.807, 2.05) is 29.1 Å². The summed E-state index contributed by atoms with van der Waals surface area (Å²) in [4.78, 5) is 0. The van der Waals surface area contributed by atoms with Crippen LogP contribution in [-0.4, -0.2) is 16.3 Å². The fourth-order valence-electron chi connectivity index (χ4n) is 2.22. The third kappa shape index (κ3) is 3.58. The first kappa shape index (κ1) is 14.1. The average Bonchev–Trinajstić information content (AvgIpc) is 2.87. The Kier molecular flexibility index (Phi) is 5.00. The van der Waals surface area contributed by atoms with Gasteiger partial charge in [0, 0.05) is 23.8 Å². The first-order valence-corrected chi connectivity index (χ1v) is 7.11. The van der Waals surface area contributed by atoms with Crippen molar-refractivity contribution in [3.8, 4) is 0 Å². The number of benzene rings is 1. The third-order valence-corrected chi connectivity index (χ3v) is 3.53. The van der Waals surface area contributed by atoms with Crippen LogP contribution >= 0.6 is 11.6 Å². The van der Waals surface area contributed by atoms with Gasteiger partial charge in [-0.05, 0) is 37.1 Å². The number of nitrogens with zero attached hydrogens (tertiary/aromatic N) is 2. The van der Waals surface area contributed by atoms with Crippen LogP contribution in [0.25, 0.3) is 0 Å². The van der Waals surface area contributed by atoms with Crippen molar-refractivity contribution in [2.24, 2.45) is 0 Å². The predicted octanol–water partition coefficient (Wildman–Crippen LogP) is 3.45. The van der Waals surface area contributed by atoms with Gasteiger partial charge in [0.05, 0.1) is 6.20 Å². The molecular formula is C15H20ClN3. The van der Waals surface area contributed by atoms with E-state index in [1.54, 1.807) is 0 Å². The summed E-state index contributed by atoms with van der Waals surface area (Å²) in [5.41, 5.74) is 2.38. The summed E-state index contributed by atoms with van der Waals surface area (Å²) in [7, 11) is 0. The largest absolute Gasteiger partial charge is 0.310 e. The van der Waals surface area contributed by atoms with Gasteiger partial charge in [0.2, 0.25) is 0 Å². The highest BCUT2D eigenvalue weighted by atomic mass is 35.5. The first-order chi connectivity index (χ1) is 9.24. The van der Waals surface area contributed by atoms with Crippen molar-refractivity contribution in [3.63, 3.8) is 0 Å². The molecule has 102 valence electrons. The average molecular weight is 278 g/mol. The van der Waals surface area contributed by atoms with E-state index in [2.05, 4.69) is 36.5 Å². The molecule has 0 aliphatic heterocycles. The second-order valence-electron chi connectivity index (χ2n) is 4.54. The van der Waals surface area contributed by atoms with Crippen LogP contribution in [0, 0.1) is 0 Å². The monoisotopic (exact) mass is 277 g/mol. The summed E-state index contributed by atoms with van der Waals surface area (Å²) >= 11 is 6.29. The standard InChI is InChI=1S/C15H20ClN3/c1-3-17-15(13-7-5-6-8-14(13)16)9-12-10-18-19(4-2)11-12/h5-8,10-11,15,17H,3-4,9H2,1-2H3. The molecule has 0 aliphatic rings. The molecule has 19 heavy (non-hydrogen) atoms. The van der Waals surface area contributed by atoms with Crippen molar-refractivity contribution in [3.05, 3.63) is 52.8 Å². The molecule has 0 saturated carbocycles. The topological polar surface area (TPSA) is 29.9 Å². The molecule has 1 aromatic carbocycles. The quantitative estimate of drug-likeness (QED) is 0.876. The van der Waals surface area contributed by atoms with E-state index in [0.717, 1.165) is 30.1 Å². The highest BCUT2D eigenvalue weighted by Gasteiger charge is 2.14. The van der Waals surface area contributed by atoms with Crippen LogP contribution in [0.4, 0.5) is 0 Å². The molecule has 0 aliphatic carbocycles. The number of nitrogens with one attached hydrogen (secondary N) is 1. The van der Waals surface area contributed by atoms with Gasteiger partial charge in [-0.2, -0.15) is 5.10 Å². The van der Waals surface area contributed by atoms with Gasteiger partial charge in [-0.1, -0.05) is 36.7 Å². The minimum atomic E-state index is 0.230. The maximum absolute atomic E-state index is 6.29. The van der Waals surface area contributed by atoms with E-state index in [0.29, 0.717) is 0 Å². The summed E-state index contributed by atoms with van der Waals surface area (Å²) in [6.07, 6.45) is 4.93. The molecule has 1 aromatic heterocycles. The Labute approximate surface area is 119 Å². The SMILES string of the molecule is CCNC(Cc1cnn(CC)c1)c1ccccc1Cl. The Morgan fingerprint density at radius 1 is 1.32 bits per heavy atom. The number of hydrogen-bond donors (Lipinski definition) is 1. The summed E-state index contributed by atoms with van der Waals surface area (Å²) in [6, 6.07) is 8.25. The lowest BCUT2D eigenvalue weighted by Gasteiger charge is -2.18. The van der Waals surface area contributed by atoms with Crippen molar-refractivity contribution in [2.75, 3.05) is 6.54 Å². The molecule has 4 heteroatoms. The van der Waals surface area contributed by atoms with Gasteiger partial charge >= 0.3 is 0 Å². The van der Waals surface area contributed by atoms with Crippen LogP contribution < -0.4 is 5.32 Å².